The van der Waals surface area contributed by atoms with Crippen molar-refractivity contribution in [2.45, 2.75) is 203 Å². The molecule has 68 heavy (non-hydrogen) atoms. The number of nitrogens with one attached hydrogen (secondary N) is 1. The molecule has 0 aromatic heterocycles. The van der Waals surface area contributed by atoms with Crippen LogP contribution < -0.4 is 5.32 Å². The lowest BCUT2D eigenvalue weighted by Crippen LogP contribution is -2.86. The molecule has 4 bridgehead atoms. The lowest BCUT2D eigenvalue weighted by Gasteiger charge is -2.74. The predicted molar refractivity (Wildman–Crippen MR) is 257 cm³/mol. The van der Waals surface area contributed by atoms with Crippen LogP contribution in [-0.2, 0) is 27.4 Å². The zero-order valence-corrected chi connectivity index (χ0v) is 41.1. The maximum Gasteiger partial charge on any atom is 0.331 e. The fourth-order valence-corrected chi connectivity index (χ4v) is 19.7. The smallest absolute Gasteiger partial charge is 0.331 e. The molecule has 10 aliphatic carbocycles. The SMILES string of the molecule is CCCCC[C@H]1C[C@]2(C=O)[C@H]3CC[C@@]45CC6(C#Cc7cccc(CO)c7C[C@@H](NC)[C@@H]7C[C@@H](C[C@]4(O)[C@]3(O)[C@@H](O)[C@H]3C[C@@H]([C@@H](C)C4CCCC4)CC[C@H]([C@H]1O)[C@@]32O)[C@@H]5C1=CC(=O)O[C@@H]17)CCCC6. The van der Waals surface area contributed by atoms with Crippen LogP contribution in [-0.4, -0.2) is 91.1 Å². The largest absolute Gasteiger partial charge is 0.454 e. The number of likely N-dealkylation sites (N-methyl/N-ethyl adjacent to an activating group) is 1. The molecule has 0 radical (unpaired) electrons. The number of aliphatic hydroxyl groups is 6. The molecule has 372 valence electrons. The molecule has 0 saturated heterocycles. The standard InChI is InChI=1S/C58H81NO9/c1-4-5-6-14-38-29-55(33-61)47-20-24-54-32-53(21-9-10-22-53)23-19-36-15-11-16-39(31-60)41(36)27-46(59-3)42-25-40(49(54)43-28-48(62)68-51(42)43)30-56(54,65)58(47,67)52(64)45-26-37(34(2)35-12-7-8-13-35)17-18-44(50(38)63)57(45,55)66/h11,15-16,28,33-35,37-38,40,42,44-47,49-52,59-60,63-67H,4-10,12-14,17-18,20-22,24-27,29-32H2,1-3H3/t34-,37-,38-,40-,42-,44+,45+,46+,47+,49+,50-,51+,52-,54-,55-,56+,57+,58+/m0/s1. The summed E-state index contributed by atoms with van der Waals surface area (Å²) in [5.41, 5.74) is -5.56. The predicted octanol–water partition coefficient (Wildman–Crippen LogP) is 7.10. The van der Waals surface area contributed by atoms with E-state index < -0.39 is 75.1 Å². The van der Waals surface area contributed by atoms with Crippen molar-refractivity contribution < 1.29 is 45.0 Å². The van der Waals surface area contributed by atoms with Crippen molar-refractivity contribution >= 4 is 12.3 Å². The van der Waals surface area contributed by atoms with E-state index in [9.17, 15) is 40.2 Å². The van der Waals surface area contributed by atoms with Crippen molar-refractivity contribution in [2.24, 2.45) is 75.4 Å². The summed E-state index contributed by atoms with van der Waals surface area (Å²) < 4.78 is 6.39. The summed E-state index contributed by atoms with van der Waals surface area (Å²) in [6, 6.07) is 5.77. The number of carbonyl (C=O) groups excluding carboxylic acids is 2. The lowest BCUT2D eigenvalue weighted by atomic mass is 9.34. The topological polar surface area (TPSA) is 177 Å². The number of benzene rings is 1. The minimum atomic E-state index is -2.21. The molecule has 1 heterocycles. The van der Waals surface area contributed by atoms with Gasteiger partial charge in [-0.05, 0) is 149 Å². The molecule has 0 amide bonds. The summed E-state index contributed by atoms with van der Waals surface area (Å²) in [7, 11) is 1.93. The van der Waals surface area contributed by atoms with E-state index in [4.69, 9.17) is 4.74 Å². The number of esters is 1. The molecule has 10 nitrogen and oxygen atoms in total. The molecule has 18 atom stereocenters. The van der Waals surface area contributed by atoms with Gasteiger partial charge < -0.3 is 45.5 Å². The van der Waals surface area contributed by atoms with Gasteiger partial charge in [0.25, 0.3) is 0 Å². The molecule has 1 aliphatic heterocycles. The highest BCUT2D eigenvalue weighted by molar-refractivity contribution is 5.86. The molecule has 1 aromatic rings. The minimum absolute atomic E-state index is 0.0976. The van der Waals surface area contributed by atoms with Gasteiger partial charge in [-0.3, -0.25) is 0 Å². The molecule has 0 unspecified atom stereocenters. The summed E-state index contributed by atoms with van der Waals surface area (Å²) in [4.78, 5) is 28.6. The number of aldehydes is 1. The number of hydrogen-bond acceptors (Lipinski definition) is 10. The zero-order chi connectivity index (χ0) is 47.6. The van der Waals surface area contributed by atoms with E-state index in [-0.39, 0.29) is 55.1 Å². The highest BCUT2D eigenvalue weighted by Gasteiger charge is 2.86. The summed E-state index contributed by atoms with van der Waals surface area (Å²) >= 11 is 0. The average Bonchev–Trinajstić information content (AvgIpc) is 4.14. The van der Waals surface area contributed by atoms with Crippen LogP contribution in [0.15, 0.2) is 29.8 Å². The number of rotatable bonds is 9. The van der Waals surface area contributed by atoms with Crippen molar-refractivity contribution in [2.75, 3.05) is 7.05 Å². The van der Waals surface area contributed by atoms with Crippen molar-refractivity contribution in [1.82, 2.24) is 5.32 Å². The van der Waals surface area contributed by atoms with Crippen LogP contribution in [0.5, 0.6) is 0 Å². The molecule has 11 aliphatic rings. The normalized spacial score (nSPS) is 47.1. The van der Waals surface area contributed by atoms with Gasteiger partial charge in [0.15, 0.2) is 0 Å². The highest BCUT2D eigenvalue weighted by atomic mass is 16.5. The van der Waals surface area contributed by atoms with Crippen LogP contribution >= 0.6 is 0 Å². The Balaban J connectivity index is 1.12. The van der Waals surface area contributed by atoms with Gasteiger partial charge in [-0.1, -0.05) is 95.6 Å². The van der Waals surface area contributed by atoms with Crippen molar-refractivity contribution in [1.29, 1.82) is 0 Å². The second kappa shape index (κ2) is 17.3. The Morgan fingerprint density at radius 2 is 1.71 bits per heavy atom. The molecular weight excluding hydrogens is 855 g/mol. The Bertz CT molecular complexity index is 2220. The van der Waals surface area contributed by atoms with Gasteiger partial charge in [-0.15, -0.1) is 0 Å². The van der Waals surface area contributed by atoms with Gasteiger partial charge in [-0.2, -0.15) is 0 Å². The van der Waals surface area contributed by atoms with Gasteiger partial charge >= 0.3 is 5.97 Å². The molecule has 8 fully saturated rings. The van der Waals surface area contributed by atoms with Crippen LogP contribution in [0, 0.1) is 87.3 Å². The third-order valence-electron chi connectivity index (χ3n) is 22.6. The van der Waals surface area contributed by atoms with Crippen molar-refractivity contribution in [3.05, 3.63) is 46.5 Å². The molecular formula is C58H81NO9. The molecule has 8 saturated carbocycles. The number of hydrogen-bond donors (Lipinski definition) is 7. The maximum absolute atomic E-state index is 14.8. The number of ether oxygens (including phenoxy) is 1. The summed E-state index contributed by atoms with van der Waals surface area (Å²) in [5.74, 6) is 4.42. The van der Waals surface area contributed by atoms with E-state index in [0.717, 1.165) is 92.8 Å². The number of carbonyl (C=O) groups is 2. The van der Waals surface area contributed by atoms with Gasteiger partial charge in [0, 0.05) is 52.2 Å². The molecule has 1 aromatic carbocycles. The maximum atomic E-state index is 14.8. The van der Waals surface area contributed by atoms with Crippen LogP contribution in [0.4, 0.5) is 0 Å². The fourth-order valence-electron chi connectivity index (χ4n) is 19.7. The number of aliphatic hydroxyl groups excluding tert-OH is 3. The third kappa shape index (κ3) is 6.46. The summed E-state index contributed by atoms with van der Waals surface area (Å²) in [6.45, 7) is 4.36. The van der Waals surface area contributed by atoms with E-state index in [2.05, 4.69) is 31.0 Å². The van der Waals surface area contributed by atoms with Gasteiger partial charge in [0.2, 0.25) is 0 Å². The second-order valence-corrected chi connectivity index (χ2v) is 25.0. The summed E-state index contributed by atoms with van der Waals surface area (Å²) in [5, 5.41) is 84.2. The fraction of sp³-hybridized carbons (Fsp3) is 0.793. The van der Waals surface area contributed by atoms with Crippen LogP contribution in [0.3, 0.4) is 0 Å². The Morgan fingerprint density at radius 1 is 0.926 bits per heavy atom. The quantitative estimate of drug-likeness (QED) is 0.0586. The monoisotopic (exact) mass is 936 g/mol. The van der Waals surface area contributed by atoms with Crippen LogP contribution in [0.25, 0.3) is 0 Å². The first-order valence-corrected chi connectivity index (χ1v) is 27.5. The van der Waals surface area contributed by atoms with Gasteiger partial charge in [0.1, 0.15) is 23.6 Å². The number of fused-ring (bicyclic) bond motifs is 4. The first-order chi connectivity index (χ1) is 32.7. The lowest BCUT2D eigenvalue weighted by molar-refractivity contribution is -0.380. The van der Waals surface area contributed by atoms with Crippen LogP contribution in [0.2, 0.25) is 0 Å². The Labute approximate surface area is 404 Å². The molecule has 12 rings (SSSR count). The van der Waals surface area contributed by atoms with Crippen LogP contribution in [0.1, 0.15) is 165 Å². The van der Waals surface area contributed by atoms with Crippen molar-refractivity contribution in [3.63, 3.8) is 0 Å². The Kier molecular flexibility index (Phi) is 12.1. The van der Waals surface area contributed by atoms with Gasteiger partial charge in [-0.25, -0.2) is 4.79 Å². The third-order valence-corrected chi connectivity index (χ3v) is 22.6. The summed E-state index contributed by atoms with van der Waals surface area (Å²) in [6.07, 6.45) is 15.8. The van der Waals surface area contributed by atoms with E-state index in [1.807, 2.05) is 25.2 Å². The zero-order valence-electron chi connectivity index (χ0n) is 41.1. The molecule has 10 heteroatoms. The number of unbranched alkanes of at least 4 members (excludes halogenated alkanes) is 2. The Morgan fingerprint density at radius 3 is 2.43 bits per heavy atom. The van der Waals surface area contributed by atoms with E-state index in [0.29, 0.717) is 63.2 Å². The van der Waals surface area contributed by atoms with Crippen molar-refractivity contribution in [3.8, 4) is 11.8 Å². The molecule has 2 spiro atoms. The van der Waals surface area contributed by atoms with E-state index >= 15 is 0 Å². The first kappa shape index (κ1) is 47.7. The van der Waals surface area contributed by atoms with E-state index in [1.165, 1.54) is 12.8 Å². The van der Waals surface area contributed by atoms with E-state index in [1.54, 1.807) is 6.08 Å². The Hall–Kier alpha value is -2.62. The van der Waals surface area contributed by atoms with Gasteiger partial charge in [0.05, 0.1) is 29.8 Å². The molecule has 7 N–H and O–H groups in total. The minimum Gasteiger partial charge on any atom is -0.454 e. The second-order valence-electron chi connectivity index (χ2n) is 25.0. The first-order valence-electron chi connectivity index (χ1n) is 27.5. The average molecular weight is 936 g/mol. The highest BCUT2D eigenvalue weighted by Crippen LogP contribution is 2.79.